The van der Waals surface area contributed by atoms with Crippen LogP contribution in [0.25, 0.3) is 0 Å². The predicted octanol–water partition coefficient (Wildman–Crippen LogP) is 2.93. The van der Waals surface area contributed by atoms with Crippen LogP contribution in [0, 0.1) is 5.82 Å². The van der Waals surface area contributed by atoms with Gasteiger partial charge in [-0.1, -0.05) is 47.7 Å². The van der Waals surface area contributed by atoms with Crippen molar-refractivity contribution in [2.75, 3.05) is 0 Å². The van der Waals surface area contributed by atoms with Crippen molar-refractivity contribution in [3.8, 4) is 0 Å². The average molecular weight is 380 g/mol. The Bertz CT molecular complexity index is 1180. The molecule has 1 heterocycles. The predicted molar refractivity (Wildman–Crippen MR) is 99.4 cm³/mol. The summed E-state index contributed by atoms with van der Waals surface area (Å²) in [6.45, 7) is 0. The second kappa shape index (κ2) is 6.44. The summed E-state index contributed by atoms with van der Waals surface area (Å²) >= 11 is 0.938. The molecule has 0 bridgehead atoms. The number of ketones is 2. The Balaban J connectivity index is 2.00. The van der Waals surface area contributed by atoms with Crippen LogP contribution < -0.4 is 10.6 Å². The third kappa shape index (κ3) is 2.72. The first-order valence-corrected chi connectivity index (χ1v) is 8.96. The highest BCUT2D eigenvalue weighted by Crippen LogP contribution is 2.34. The van der Waals surface area contributed by atoms with Gasteiger partial charge in [0.05, 0.1) is 17.3 Å². The fourth-order valence-corrected chi connectivity index (χ4v) is 3.89. The van der Waals surface area contributed by atoms with Crippen molar-refractivity contribution in [3.05, 3.63) is 104 Å². The van der Waals surface area contributed by atoms with E-state index >= 15 is 0 Å². The topological polar surface area (TPSA) is 82.2 Å². The summed E-state index contributed by atoms with van der Waals surface area (Å²) in [7, 11) is 0. The molecule has 0 saturated carbocycles. The van der Waals surface area contributed by atoms with Gasteiger partial charge in [0.25, 0.3) is 0 Å². The number of hydrogen-bond acceptors (Lipinski definition) is 5. The molecule has 7 heteroatoms. The van der Waals surface area contributed by atoms with Crippen LogP contribution in [0.4, 0.5) is 4.39 Å². The average Bonchev–Trinajstić information content (AvgIpc) is 3.09. The fraction of sp³-hybridized carbons (Fsp3) is 0.0500. The molecule has 1 unspecified atom stereocenters. The summed E-state index contributed by atoms with van der Waals surface area (Å²) < 4.78 is 15.2. The number of benzene rings is 2. The number of rotatable bonds is 3. The first kappa shape index (κ1) is 17.1. The van der Waals surface area contributed by atoms with Gasteiger partial charge < -0.3 is 5.73 Å². The summed E-state index contributed by atoms with van der Waals surface area (Å²) in [4.78, 5) is 37.9. The normalized spacial score (nSPS) is 15.0. The zero-order valence-corrected chi connectivity index (χ0v) is 14.7. The van der Waals surface area contributed by atoms with Crippen molar-refractivity contribution in [2.45, 2.75) is 6.04 Å². The number of carbonyl (C=O) groups is 2. The van der Waals surface area contributed by atoms with Crippen LogP contribution in [-0.4, -0.2) is 16.1 Å². The summed E-state index contributed by atoms with van der Waals surface area (Å²) in [5.41, 5.74) is 6.61. The molecule has 1 aliphatic carbocycles. The molecule has 3 aromatic rings. The molecule has 1 aromatic heterocycles. The number of aromatic nitrogens is 1. The Morgan fingerprint density at radius 3 is 2.30 bits per heavy atom. The molecule has 2 aromatic carbocycles. The van der Waals surface area contributed by atoms with Crippen LogP contribution in [0.2, 0.25) is 0 Å². The van der Waals surface area contributed by atoms with Gasteiger partial charge >= 0.3 is 4.87 Å². The fourth-order valence-electron chi connectivity index (χ4n) is 3.30. The lowest BCUT2D eigenvalue weighted by Crippen LogP contribution is -2.33. The molecule has 5 nitrogen and oxygen atoms in total. The quantitative estimate of drug-likeness (QED) is 0.757. The third-order valence-electron chi connectivity index (χ3n) is 4.51. The Kier molecular flexibility index (Phi) is 4.08. The molecule has 0 fully saturated rings. The van der Waals surface area contributed by atoms with Crippen molar-refractivity contribution in [1.82, 2.24) is 4.57 Å². The zero-order chi connectivity index (χ0) is 19.1. The van der Waals surface area contributed by atoms with Crippen LogP contribution in [0.3, 0.4) is 0 Å². The molecule has 27 heavy (non-hydrogen) atoms. The number of Topliss-reactive ketones (excluding diaryl/α,β-unsaturated/α-hetero) is 2. The number of fused-ring (bicyclic) bond motifs is 1. The molecule has 0 amide bonds. The summed E-state index contributed by atoms with van der Waals surface area (Å²) in [5, 5.41) is 1.56. The molecular weight excluding hydrogens is 367 g/mol. The van der Waals surface area contributed by atoms with E-state index in [1.165, 1.54) is 35.0 Å². The smallest absolute Gasteiger partial charge is 0.307 e. The van der Waals surface area contributed by atoms with Gasteiger partial charge in [-0.2, -0.15) is 0 Å². The summed E-state index contributed by atoms with van der Waals surface area (Å²) in [5.74, 6) is -1.45. The lowest BCUT2D eigenvalue weighted by molar-refractivity contribution is 0.0966. The van der Waals surface area contributed by atoms with Gasteiger partial charge in [0.2, 0.25) is 5.78 Å². The highest BCUT2D eigenvalue weighted by Gasteiger charge is 2.36. The zero-order valence-electron chi connectivity index (χ0n) is 13.9. The Morgan fingerprint density at radius 2 is 1.67 bits per heavy atom. The molecule has 0 radical (unpaired) electrons. The van der Waals surface area contributed by atoms with Crippen molar-refractivity contribution in [3.63, 3.8) is 0 Å². The SMILES string of the molecule is NC1=C(C(c2cccc(F)c2)n2ccsc2=O)C(=O)c2ccccc2C1=O. The van der Waals surface area contributed by atoms with E-state index in [9.17, 15) is 18.8 Å². The molecule has 4 rings (SSSR count). The van der Waals surface area contributed by atoms with Crippen molar-refractivity contribution in [2.24, 2.45) is 5.73 Å². The van der Waals surface area contributed by atoms with Gasteiger partial charge in [-0.05, 0) is 17.7 Å². The highest BCUT2D eigenvalue weighted by atomic mass is 32.1. The van der Waals surface area contributed by atoms with Gasteiger partial charge in [0.15, 0.2) is 5.78 Å². The lowest BCUT2D eigenvalue weighted by atomic mass is 9.82. The largest absolute Gasteiger partial charge is 0.395 e. The maximum atomic E-state index is 13.9. The maximum Gasteiger partial charge on any atom is 0.307 e. The first-order valence-electron chi connectivity index (χ1n) is 8.08. The van der Waals surface area contributed by atoms with Crippen LogP contribution in [0.15, 0.2) is 76.2 Å². The second-order valence-corrected chi connectivity index (χ2v) is 6.92. The summed E-state index contributed by atoms with van der Waals surface area (Å²) in [6, 6.07) is 10.9. The number of nitrogens with zero attached hydrogens (tertiary/aromatic N) is 1. The lowest BCUT2D eigenvalue weighted by Gasteiger charge is -2.26. The maximum absolute atomic E-state index is 13.9. The molecule has 2 N–H and O–H groups in total. The highest BCUT2D eigenvalue weighted by molar-refractivity contribution is 7.07. The van der Waals surface area contributed by atoms with Crippen molar-refractivity contribution in [1.29, 1.82) is 0 Å². The molecule has 0 saturated heterocycles. The number of hydrogen-bond donors (Lipinski definition) is 1. The first-order chi connectivity index (χ1) is 13.0. The van der Waals surface area contributed by atoms with Crippen LogP contribution in [-0.2, 0) is 0 Å². The molecule has 0 aliphatic heterocycles. The number of carbonyl (C=O) groups excluding carboxylic acids is 2. The van der Waals surface area contributed by atoms with E-state index in [4.69, 9.17) is 5.73 Å². The minimum absolute atomic E-state index is 0.0233. The van der Waals surface area contributed by atoms with E-state index in [2.05, 4.69) is 0 Å². The van der Waals surface area contributed by atoms with Gasteiger partial charge in [0, 0.05) is 22.7 Å². The third-order valence-corrected chi connectivity index (χ3v) is 5.18. The Hall–Kier alpha value is -3.32. The van der Waals surface area contributed by atoms with E-state index in [0.717, 1.165) is 11.3 Å². The van der Waals surface area contributed by atoms with E-state index < -0.39 is 23.4 Å². The summed E-state index contributed by atoms with van der Waals surface area (Å²) in [6.07, 6.45) is 1.50. The van der Waals surface area contributed by atoms with Crippen molar-refractivity contribution >= 4 is 22.9 Å². The van der Waals surface area contributed by atoms with Crippen LogP contribution in [0.1, 0.15) is 32.3 Å². The molecule has 134 valence electrons. The van der Waals surface area contributed by atoms with Gasteiger partial charge in [-0.25, -0.2) is 4.39 Å². The Morgan fingerprint density at radius 1 is 0.963 bits per heavy atom. The van der Waals surface area contributed by atoms with Gasteiger partial charge in [-0.3, -0.25) is 19.0 Å². The number of thiazole rings is 1. The molecular formula is C20H13FN2O3S. The number of allylic oxidation sites excluding steroid dienone is 2. The number of nitrogens with two attached hydrogens (primary N) is 1. The minimum atomic E-state index is -0.996. The van der Waals surface area contributed by atoms with E-state index in [-0.39, 0.29) is 27.3 Å². The second-order valence-electron chi connectivity index (χ2n) is 6.06. The molecule has 1 aliphatic rings. The standard InChI is InChI=1S/C20H13FN2O3S/c21-12-5-3-4-11(10-12)17(23-8-9-27-20(23)26)15-16(22)19(25)14-7-2-1-6-13(14)18(15)24/h1-10,17H,22H2. The Labute approximate surface area is 157 Å². The molecule has 0 spiro atoms. The number of halogens is 1. The van der Waals surface area contributed by atoms with Crippen LogP contribution >= 0.6 is 11.3 Å². The van der Waals surface area contributed by atoms with Gasteiger partial charge in [-0.15, -0.1) is 0 Å². The van der Waals surface area contributed by atoms with E-state index in [0.29, 0.717) is 5.56 Å². The van der Waals surface area contributed by atoms with Crippen molar-refractivity contribution < 1.29 is 14.0 Å². The van der Waals surface area contributed by atoms with E-state index in [1.54, 1.807) is 29.6 Å². The minimum Gasteiger partial charge on any atom is -0.395 e. The molecule has 1 atom stereocenters. The van der Waals surface area contributed by atoms with Gasteiger partial charge in [0.1, 0.15) is 5.82 Å². The monoisotopic (exact) mass is 380 g/mol. The van der Waals surface area contributed by atoms with E-state index in [1.807, 2.05) is 0 Å². The van der Waals surface area contributed by atoms with Crippen LogP contribution in [0.5, 0.6) is 0 Å².